The zero-order valence-corrected chi connectivity index (χ0v) is 17.2. The molecule has 1 amide bonds. The molecule has 148 valence electrons. The molecule has 0 aliphatic carbocycles. The average Bonchev–Trinajstić information content (AvgIpc) is 3.27. The summed E-state index contributed by atoms with van der Waals surface area (Å²) in [6, 6.07) is 0. The number of fused-ring (bicyclic) bond motifs is 1. The SMILES string of the molecule is CCc1c(C)nc2sc(C(=O)Nc3c[n+](N4CCCCC4)no3)c(N)c2c1C. The molecule has 1 aliphatic rings. The van der Waals surface area contributed by atoms with E-state index in [9.17, 15) is 4.79 Å². The average molecular weight is 402 g/mol. The van der Waals surface area contributed by atoms with Gasteiger partial charge in [-0.1, -0.05) is 6.92 Å². The number of piperidine rings is 1. The highest BCUT2D eigenvalue weighted by atomic mass is 32.1. The maximum Gasteiger partial charge on any atom is 0.306 e. The van der Waals surface area contributed by atoms with Gasteiger partial charge in [0.1, 0.15) is 9.71 Å². The van der Waals surface area contributed by atoms with E-state index < -0.39 is 0 Å². The number of rotatable bonds is 4. The Kier molecular flexibility index (Phi) is 4.92. The first-order chi connectivity index (χ1) is 13.5. The monoisotopic (exact) mass is 401 g/mol. The molecule has 0 bridgehead atoms. The summed E-state index contributed by atoms with van der Waals surface area (Å²) < 4.78 is 5.29. The number of hydrogen-bond acceptors (Lipinski definition) is 7. The van der Waals surface area contributed by atoms with Crippen LogP contribution in [0.25, 0.3) is 10.2 Å². The van der Waals surface area contributed by atoms with E-state index in [4.69, 9.17) is 10.3 Å². The fourth-order valence-corrected chi connectivity index (χ4v) is 4.98. The number of aryl methyl sites for hydroxylation is 2. The Bertz CT molecular complexity index is 1030. The summed E-state index contributed by atoms with van der Waals surface area (Å²) >= 11 is 1.31. The van der Waals surface area contributed by atoms with Crippen molar-refractivity contribution in [1.82, 2.24) is 10.3 Å². The summed E-state index contributed by atoms with van der Waals surface area (Å²) in [4.78, 5) is 20.4. The predicted octanol–water partition coefficient (Wildman–Crippen LogP) is 2.71. The van der Waals surface area contributed by atoms with Crippen LogP contribution in [0.1, 0.15) is 52.7 Å². The third-order valence-electron chi connectivity index (χ3n) is 5.33. The van der Waals surface area contributed by atoms with Crippen molar-refractivity contribution in [2.45, 2.75) is 46.5 Å². The number of pyridine rings is 1. The van der Waals surface area contributed by atoms with Crippen LogP contribution >= 0.6 is 11.3 Å². The molecule has 9 heteroatoms. The van der Waals surface area contributed by atoms with Crippen LogP contribution in [0.3, 0.4) is 0 Å². The van der Waals surface area contributed by atoms with Crippen molar-refractivity contribution < 1.29 is 14.1 Å². The van der Waals surface area contributed by atoms with Crippen molar-refractivity contribution >= 4 is 39.0 Å². The lowest BCUT2D eigenvalue weighted by atomic mass is 10.0. The maximum atomic E-state index is 12.8. The summed E-state index contributed by atoms with van der Waals surface area (Å²) in [5.74, 6) is -0.0138. The number of aromatic nitrogens is 3. The van der Waals surface area contributed by atoms with Crippen molar-refractivity contribution in [2.24, 2.45) is 0 Å². The number of nitrogens with two attached hydrogens (primary N) is 1. The van der Waals surface area contributed by atoms with Gasteiger partial charge in [-0.3, -0.25) is 14.6 Å². The fraction of sp³-hybridized carbons (Fsp3) is 0.474. The van der Waals surface area contributed by atoms with Gasteiger partial charge in [-0.15, -0.1) is 11.3 Å². The van der Waals surface area contributed by atoms with Crippen LogP contribution in [-0.4, -0.2) is 29.3 Å². The minimum absolute atomic E-state index is 0.294. The summed E-state index contributed by atoms with van der Waals surface area (Å²) in [6.07, 6.45) is 6.06. The van der Waals surface area contributed by atoms with Crippen LogP contribution in [0.4, 0.5) is 11.6 Å². The first kappa shape index (κ1) is 18.7. The van der Waals surface area contributed by atoms with E-state index in [0.29, 0.717) is 16.4 Å². The van der Waals surface area contributed by atoms with Crippen molar-refractivity contribution in [1.29, 1.82) is 0 Å². The van der Waals surface area contributed by atoms with Gasteiger partial charge in [-0.05, 0) is 50.7 Å². The van der Waals surface area contributed by atoms with Gasteiger partial charge in [-0.2, -0.15) is 5.01 Å². The molecule has 4 rings (SSSR count). The zero-order chi connectivity index (χ0) is 19.8. The Hall–Kier alpha value is -2.68. The van der Waals surface area contributed by atoms with Gasteiger partial charge in [0.2, 0.25) is 5.27 Å². The van der Waals surface area contributed by atoms with Crippen molar-refractivity contribution in [3.63, 3.8) is 0 Å². The van der Waals surface area contributed by atoms with Gasteiger partial charge >= 0.3 is 5.88 Å². The maximum absolute atomic E-state index is 12.8. The largest absolute Gasteiger partial charge is 0.397 e. The molecule has 1 fully saturated rings. The number of carbonyl (C=O) groups is 1. The van der Waals surface area contributed by atoms with Crippen molar-refractivity contribution in [2.75, 3.05) is 29.1 Å². The fourth-order valence-electron chi connectivity index (χ4n) is 3.88. The molecule has 0 aromatic carbocycles. The number of carbonyl (C=O) groups excluding carboxylic acids is 1. The van der Waals surface area contributed by atoms with Gasteiger partial charge in [0, 0.05) is 11.1 Å². The number of thiophene rings is 1. The molecule has 0 unspecified atom stereocenters. The summed E-state index contributed by atoms with van der Waals surface area (Å²) in [7, 11) is 0. The van der Waals surface area contributed by atoms with E-state index in [-0.39, 0.29) is 5.91 Å². The van der Waals surface area contributed by atoms with Crippen LogP contribution in [0.5, 0.6) is 0 Å². The standard InChI is InChI=1S/C19H24N6O2S/c1-4-13-11(2)15-16(20)17(28-19(15)21-12(13)3)18(26)22-14-10-25(23-27-14)24-8-6-5-7-9-24/h10H,4-9H2,1-3H3,(H2-,20,22,23,26)/p+1. The van der Waals surface area contributed by atoms with Gasteiger partial charge in [0.15, 0.2) is 0 Å². The second kappa shape index (κ2) is 7.38. The molecule has 0 saturated carbocycles. The normalized spacial score (nSPS) is 14.6. The first-order valence-electron chi connectivity index (χ1n) is 9.62. The highest BCUT2D eigenvalue weighted by Crippen LogP contribution is 2.37. The predicted molar refractivity (Wildman–Crippen MR) is 109 cm³/mol. The number of nitrogen functional groups attached to an aromatic ring is 1. The third kappa shape index (κ3) is 3.19. The van der Waals surface area contributed by atoms with E-state index in [1.54, 1.807) is 11.0 Å². The van der Waals surface area contributed by atoms with Crippen molar-refractivity contribution in [3.8, 4) is 0 Å². The molecular formula is C19H25N6O2S+. The van der Waals surface area contributed by atoms with Gasteiger partial charge in [-0.25, -0.2) is 4.98 Å². The molecule has 4 heterocycles. The van der Waals surface area contributed by atoms with Crippen LogP contribution in [0.15, 0.2) is 10.7 Å². The van der Waals surface area contributed by atoms with E-state index in [2.05, 4.69) is 27.5 Å². The highest BCUT2D eigenvalue weighted by molar-refractivity contribution is 7.21. The third-order valence-corrected chi connectivity index (χ3v) is 6.43. The molecule has 0 radical (unpaired) electrons. The lowest BCUT2D eigenvalue weighted by molar-refractivity contribution is -0.759. The highest BCUT2D eigenvalue weighted by Gasteiger charge is 2.26. The number of amides is 1. The van der Waals surface area contributed by atoms with Gasteiger partial charge < -0.3 is 5.73 Å². The summed E-state index contributed by atoms with van der Waals surface area (Å²) in [5.41, 5.74) is 10.1. The van der Waals surface area contributed by atoms with E-state index >= 15 is 0 Å². The number of anilines is 2. The topological polar surface area (TPSA) is 101 Å². The molecule has 0 spiro atoms. The van der Waals surface area contributed by atoms with Crippen LogP contribution in [0, 0.1) is 13.8 Å². The van der Waals surface area contributed by atoms with E-state index in [1.807, 2.05) is 13.8 Å². The molecular weight excluding hydrogens is 376 g/mol. The summed E-state index contributed by atoms with van der Waals surface area (Å²) in [5, 5.41) is 9.75. The van der Waals surface area contributed by atoms with Gasteiger partial charge in [0.05, 0.1) is 23.6 Å². The molecule has 3 N–H and O–H groups in total. The van der Waals surface area contributed by atoms with Gasteiger partial charge in [0.25, 0.3) is 12.1 Å². The van der Waals surface area contributed by atoms with Crippen molar-refractivity contribution in [3.05, 3.63) is 27.9 Å². The minimum atomic E-state index is -0.308. The number of nitrogens with one attached hydrogen (secondary N) is 1. The van der Waals surface area contributed by atoms with E-state index in [1.165, 1.54) is 23.3 Å². The lowest BCUT2D eigenvalue weighted by Gasteiger charge is -2.17. The molecule has 1 aliphatic heterocycles. The Morgan fingerprint density at radius 3 is 2.82 bits per heavy atom. The smallest absolute Gasteiger partial charge is 0.306 e. The quantitative estimate of drug-likeness (QED) is 0.652. The van der Waals surface area contributed by atoms with Crippen LogP contribution in [-0.2, 0) is 6.42 Å². The molecule has 1 saturated heterocycles. The zero-order valence-electron chi connectivity index (χ0n) is 16.4. The molecule has 3 aromatic heterocycles. The second-order valence-electron chi connectivity index (χ2n) is 7.13. The Morgan fingerprint density at radius 2 is 2.11 bits per heavy atom. The molecule has 8 nitrogen and oxygen atoms in total. The minimum Gasteiger partial charge on any atom is -0.397 e. The lowest BCUT2D eigenvalue weighted by Crippen LogP contribution is -2.60. The molecule has 3 aromatic rings. The molecule has 0 atom stereocenters. The van der Waals surface area contributed by atoms with E-state index in [0.717, 1.165) is 53.8 Å². The number of nitrogens with zero attached hydrogens (tertiary/aromatic N) is 4. The number of hydrogen-bond donors (Lipinski definition) is 2. The first-order valence-corrected chi connectivity index (χ1v) is 10.4. The Morgan fingerprint density at radius 1 is 1.36 bits per heavy atom. The molecule has 28 heavy (non-hydrogen) atoms. The van der Waals surface area contributed by atoms with Crippen LogP contribution in [0.2, 0.25) is 0 Å². The second-order valence-corrected chi connectivity index (χ2v) is 8.13. The summed E-state index contributed by atoms with van der Waals surface area (Å²) in [6.45, 7) is 7.99. The van der Waals surface area contributed by atoms with Crippen LogP contribution < -0.4 is 20.9 Å². The Labute approximate surface area is 167 Å². The Balaban J connectivity index is 1.60.